The maximum Gasteiger partial charge on any atom is 0.306 e. The third-order valence-electron chi connectivity index (χ3n) is 5.00. The van der Waals surface area contributed by atoms with Crippen molar-refractivity contribution in [3.63, 3.8) is 0 Å². The van der Waals surface area contributed by atoms with Gasteiger partial charge in [0, 0.05) is 13.2 Å². The molecule has 1 atom stereocenters. The minimum atomic E-state index is -0.557. The summed E-state index contributed by atoms with van der Waals surface area (Å²) in [6.45, 7) is 1.84. The Balaban J connectivity index is 1.63. The van der Waals surface area contributed by atoms with Crippen LogP contribution in [0.4, 0.5) is 0 Å². The molecule has 0 amide bonds. The summed E-state index contributed by atoms with van der Waals surface area (Å²) in [6, 6.07) is 0. The standard InChI is InChI=1S/C16H28O3/c17-16(18)15(14-6-2-3-7-14)8-4-1-5-13-9-11-19-12-10-13/h13-15H,1-12H2,(H,17,18). The van der Waals surface area contributed by atoms with Crippen molar-refractivity contribution in [1.82, 2.24) is 0 Å². The second-order valence-electron chi connectivity index (χ2n) is 6.33. The van der Waals surface area contributed by atoms with E-state index in [-0.39, 0.29) is 5.92 Å². The molecule has 2 fully saturated rings. The van der Waals surface area contributed by atoms with Gasteiger partial charge in [0.25, 0.3) is 0 Å². The fraction of sp³-hybridized carbons (Fsp3) is 0.938. The first kappa shape index (κ1) is 14.8. The molecule has 19 heavy (non-hydrogen) atoms. The molecule has 2 aliphatic rings. The van der Waals surface area contributed by atoms with Gasteiger partial charge in [-0.15, -0.1) is 0 Å². The molecular formula is C16H28O3. The molecule has 1 saturated heterocycles. The Hall–Kier alpha value is -0.570. The summed E-state index contributed by atoms with van der Waals surface area (Å²) in [6.07, 6.45) is 11.6. The highest BCUT2D eigenvalue weighted by molar-refractivity contribution is 5.70. The molecule has 3 heteroatoms. The summed E-state index contributed by atoms with van der Waals surface area (Å²) >= 11 is 0. The first-order chi connectivity index (χ1) is 9.27. The van der Waals surface area contributed by atoms with Gasteiger partial charge in [0.15, 0.2) is 0 Å². The molecule has 0 aromatic carbocycles. The molecule has 0 aromatic rings. The van der Waals surface area contributed by atoms with Crippen molar-refractivity contribution in [3.8, 4) is 0 Å². The lowest BCUT2D eigenvalue weighted by molar-refractivity contribution is -0.144. The Labute approximate surface area is 116 Å². The van der Waals surface area contributed by atoms with Crippen molar-refractivity contribution < 1.29 is 14.6 Å². The molecule has 0 radical (unpaired) electrons. The van der Waals surface area contributed by atoms with Gasteiger partial charge < -0.3 is 9.84 Å². The SMILES string of the molecule is O=C(O)C(CCCCC1CCOCC1)C1CCCC1. The van der Waals surface area contributed by atoms with Gasteiger partial charge in [-0.2, -0.15) is 0 Å². The van der Waals surface area contributed by atoms with Crippen molar-refractivity contribution in [2.24, 2.45) is 17.8 Å². The van der Waals surface area contributed by atoms with Crippen LogP contribution in [0.5, 0.6) is 0 Å². The highest BCUT2D eigenvalue weighted by Gasteiger charge is 2.29. The zero-order chi connectivity index (χ0) is 13.5. The highest BCUT2D eigenvalue weighted by atomic mass is 16.5. The molecule has 1 aliphatic heterocycles. The quantitative estimate of drug-likeness (QED) is 0.713. The normalized spacial score (nSPS) is 23.6. The number of carboxylic acids is 1. The van der Waals surface area contributed by atoms with Crippen LogP contribution < -0.4 is 0 Å². The van der Waals surface area contributed by atoms with Gasteiger partial charge in [0.2, 0.25) is 0 Å². The average Bonchev–Trinajstić information content (AvgIpc) is 2.93. The molecule has 0 spiro atoms. The largest absolute Gasteiger partial charge is 0.481 e. The lowest BCUT2D eigenvalue weighted by Crippen LogP contribution is -2.22. The van der Waals surface area contributed by atoms with E-state index in [4.69, 9.17) is 4.74 Å². The Morgan fingerprint density at radius 2 is 1.79 bits per heavy atom. The van der Waals surface area contributed by atoms with Crippen LogP contribution >= 0.6 is 0 Å². The van der Waals surface area contributed by atoms with Gasteiger partial charge in [0.1, 0.15) is 0 Å². The lowest BCUT2D eigenvalue weighted by atomic mass is 9.85. The third kappa shape index (κ3) is 4.79. The number of hydrogen-bond acceptors (Lipinski definition) is 2. The van der Waals surface area contributed by atoms with Crippen molar-refractivity contribution >= 4 is 5.97 Å². The Morgan fingerprint density at radius 3 is 2.42 bits per heavy atom. The third-order valence-corrected chi connectivity index (χ3v) is 5.00. The molecule has 1 saturated carbocycles. The number of hydrogen-bond donors (Lipinski definition) is 1. The summed E-state index contributed by atoms with van der Waals surface area (Å²) in [7, 11) is 0. The second-order valence-corrected chi connectivity index (χ2v) is 6.33. The fourth-order valence-electron chi connectivity index (χ4n) is 3.75. The first-order valence-corrected chi connectivity index (χ1v) is 8.08. The molecule has 0 bridgehead atoms. The molecule has 0 aromatic heterocycles. The minimum Gasteiger partial charge on any atom is -0.481 e. The number of carbonyl (C=O) groups is 1. The molecule has 1 N–H and O–H groups in total. The van der Waals surface area contributed by atoms with Crippen LogP contribution in [0.1, 0.15) is 64.2 Å². The minimum absolute atomic E-state index is 0.0720. The highest BCUT2D eigenvalue weighted by Crippen LogP contribution is 2.34. The second kappa shape index (κ2) is 7.88. The van der Waals surface area contributed by atoms with Gasteiger partial charge in [-0.1, -0.05) is 32.1 Å². The molecular weight excluding hydrogens is 240 g/mol. The van der Waals surface area contributed by atoms with Crippen LogP contribution in [0.15, 0.2) is 0 Å². The Kier molecular flexibility index (Phi) is 6.15. The van der Waals surface area contributed by atoms with E-state index in [0.717, 1.165) is 44.8 Å². The molecule has 110 valence electrons. The maximum absolute atomic E-state index is 11.4. The van der Waals surface area contributed by atoms with Crippen LogP contribution in [0, 0.1) is 17.8 Å². The predicted molar refractivity (Wildman–Crippen MR) is 75.1 cm³/mol. The van der Waals surface area contributed by atoms with Crippen molar-refractivity contribution in [2.45, 2.75) is 64.2 Å². The summed E-state index contributed by atoms with van der Waals surface area (Å²) in [5, 5.41) is 9.37. The number of ether oxygens (including phenoxy) is 1. The van der Waals surface area contributed by atoms with Crippen LogP contribution in [-0.4, -0.2) is 24.3 Å². The van der Waals surface area contributed by atoms with E-state index in [9.17, 15) is 9.90 Å². The van der Waals surface area contributed by atoms with E-state index in [1.165, 1.54) is 38.5 Å². The number of unbranched alkanes of at least 4 members (excludes halogenated alkanes) is 1. The Bertz CT molecular complexity index is 265. The molecule has 2 rings (SSSR count). The number of aliphatic carboxylic acids is 1. The summed E-state index contributed by atoms with van der Waals surface area (Å²) in [4.78, 5) is 11.4. The fourth-order valence-corrected chi connectivity index (χ4v) is 3.75. The summed E-state index contributed by atoms with van der Waals surface area (Å²) < 4.78 is 5.37. The van der Waals surface area contributed by atoms with Crippen molar-refractivity contribution in [3.05, 3.63) is 0 Å². The van der Waals surface area contributed by atoms with Crippen LogP contribution in [0.2, 0.25) is 0 Å². The van der Waals surface area contributed by atoms with Crippen LogP contribution in [-0.2, 0) is 9.53 Å². The number of rotatable bonds is 7. The monoisotopic (exact) mass is 268 g/mol. The van der Waals surface area contributed by atoms with Crippen LogP contribution in [0.3, 0.4) is 0 Å². The summed E-state index contributed by atoms with van der Waals surface area (Å²) in [5.74, 6) is 0.652. The van der Waals surface area contributed by atoms with Gasteiger partial charge in [-0.3, -0.25) is 4.79 Å². The van der Waals surface area contributed by atoms with Gasteiger partial charge >= 0.3 is 5.97 Å². The topological polar surface area (TPSA) is 46.5 Å². The van der Waals surface area contributed by atoms with Gasteiger partial charge in [0.05, 0.1) is 5.92 Å². The van der Waals surface area contributed by atoms with Crippen molar-refractivity contribution in [1.29, 1.82) is 0 Å². The van der Waals surface area contributed by atoms with E-state index in [1.807, 2.05) is 0 Å². The van der Waals surface area contributed by atoms with E-state index >= 15 is 0 Å². The van der Waals surface area contributed by atoms with E-state index < -0.39 is 5.97 Å². The predicted octanol–water partition coefficient (Wildman–Crippen LogP) is 3.86. The zero-order valence-electron chi connectivity index (χ0n) is 12.0. The lowest BCUT2D eigenvalue weighted by Gasteiger charge is -2.22. The first-order valence-electron chi connectivity index (χ1n) is 8.08. The maximum atomic E-state index is 11.4. The molecule has 1 unspecified atom stereocenters. The molecule has 1 aliphatic carbocycles. The Morgan fingerprint density at radius 1 is 1.11 bits per heavy atom. The smallest absolute Gasteiger partial charge is 0.306 e. The summed E-state index contributed by atoms with van der Waals surface area (Å²) in [5.41, 5.74) is 0. The zero-order valence-corrected chi connectivity index (χ0v) is 12.0. The van der Waals surface area contributed by atoms with Gasteiger partial charge in [-0.25, -0.2) is 0 Å². The molecule has 1 heterocycles. The van der Waals surface area contributed by atoms with Crippen LogP contribution in [0.25, 0.3) is 0 Å². The number of carboxylic acid groups (broad SMARTS) is 1. The van der Waals surface area contributed by atoms with E-state index in [2.05, 4.69) is 0 Å². The van der Waals surface area contributed by atoms with Crippen molar-refractivity contribution in [2.75, 3.05) is 13.2 Å². The van der Waals surface area contributed by atoms with Gasteiger partial charge in [-0.05, 0) is 43.9 Å². The van der Waals surface area contributed by atoms with E-state index in [0.29, 0.717) is 5.92 Å². The molecule has 3 nitrogen and oxygen atoms in total. The average molecular weight is 268 g/mol. The van der Waals surface area contributed by atoms with E-state index in [1.54, 1.807) is 0 Å².